The lowest BCUT2D eigenvalue weighted by molar-refractivity contribution is 0.367. The first-order chi connectivity index (χ1) is 7.05. The summed E-state index contributed by atoms with van der Waals surface area (Å²) in [6.07, 6.45) is 6.05. The maximum Gasteiger partial charge on any atom is 0.136 e. The van der Waals surface area contributed by atoms with E-state index in [0.717, 1.165) is 11.8 Å². The summed E-state index contributed by atoms with van der Waals surface area (Å²) in [5, 5.41) is 8.42. The summed E-state index contributed by atoms with van der Waals surface area (Å²) in [7, 11) is 0. The zero-order valence-corrected chi connectivity index (χ0v) is 9.77. The van der Waals surface area contributed by atoms with Gasteiger partial charge in [0.2, 0.25) is 0 Å². The zero-order chi connectivity index (χ0) is 10.6. The van der Waals surface area contributed by atoms with E-state index in [1.165, 1.54) is 25.1 Å². The topological polar surface area (TPSA) is 30.7 Å². The van der Waals surface area contributed by atoms with Crippen LogP contribution in [-0.4, -0.2) is 14.8 Å². The molecular weight excluding hydrogens is 186 g/mol. The Morgan fingerprint density at radius 3 is 2.47 bits per heavy atom. The highest BCUT2D eigenvalue weighted by Crippen LogP contribution is 2.57. The van der Waals surface area contributed by atoms with Crippen molar-refractivity contribution in [3.05, 3.63) is 12.2 Å². The lowest BCUT2D eigenvalue weighted by Gasteiger charge is -2.24. The molecule has 3 rings (SSSR count). The minimum Gasteiger partial charge on any atom is -0.312 e. The molecular formula is C12H19N3. The number of aromatic nitrogens is 3. The van der Waals surface area contributed by atoms with Crippen molar-refractivity contribution in [1.29, 1.82) is 0 Å². The van der Waals surface area contributed by atoms with Gasteiger partial charge in [0.05, 0.1) is 0 Å². The molecule has 0 spiro atoms. The van der Waals surface area contributed by atoms with E-state index >= 15 is 0 Å². The van der Waals surface area contributed by atoms with E-state index in [1.54, 1.807) is 0 Å². The van der Waals surface area contributed by atoms with Gasteiger partial charge in [-0.05, 0) is 51.9 Å². The fourth-order valence-corrected chi connectivity index (χ4v) is 2.96. The normalized spacial score (nSPS) is 34.2. The first-order valence-electron chi connectivity index (χ1n) is 5.96. The first kappa shape index (κ1) is 9.37. The molecule has 0 aromatic carbocycles. The van der Waals surface area contributed by atoms with Crippen LogP contribution in [0.15, 0.2) is 6.33 Å². The van der Waals surface area contributed by atoms with Crippen LogP contribution >= 0.6 is 0 Å². The second-order valence-electron chi connectivity index (χ2n) is 6.15. The van der Waals surface area contributed by atoms with Crippen molar-refractivity contribution >= 4 is 0 Å². The molecule has 82 valence electrons. The van der Waals surface area contributed by atoms with Crippen molar-refractivity contribution in [2.75, 3.05) is 0 Å². The molecule has 15 heavy (non-hydrogen) atoms. The molecule has 2 aliphatic rings. The van der Waals surface area contributed by atoms with Gasteiger partial charge >= 0.3 is 0 Å². The molecule has 0 N–H and O–H groups in total. The van der Waals surface area contributed by atoms with E-state index in [0.29, 0.717) is 5.92 Å². The average Bonchev–Trinajstić information content (AvgIpc) is 2.68. The molecule has 1 heterocycles. The molecule has 2 aliphatic carbocycles. The van der Waals surface area contributed by atoms with Crippen LogP contribution in [0.4, 0.5) is 0 Å². The molecule has 3 nitrogen and oxygen atoms in total. The van der Waals surface area contributed by atoms with Gasteiger partial charge < -0.3 is 4.57 Å². The Morgan fingerprint density at radius 1 is 1.20 bits per heavy atom. The summed E-state index contributed by atoms with van der Waals surface area (Å²) >= 11 is 0. The Kier molecular flexibility index (Phi) is 1.77. The summed E-state index contributed by atoms with van der Waals surface area (Å²) in [6.45, 7) is 6.65. The fraction of sp³-hybridized carbons (Fsp3) is 0.833. The third-order valence-corrected chi connectivity index (χ3v) is 3.91. The predicted octanol–water partition coefficient (Wildman–Crippen LogP) is 2.55. The van der Waals surface area contributed by atoms with Crippen LogP contribution in [0.2, 0.25) is 0 Å². The van der Waals surface area contributed by atoms with Crippen molar-refractivity contribution < 1.29 is 0 Å². The number of hydrogen-bond acceptors (Lipinski definition) is 2. The molecule has 1 aromatic rings. The van der Waals surface area contributed by atoms with Crippen molar-refractivity contribution in [1.82, 2.24) is 14.8 Å². The largest absolute Gasteiger partial charge is 0.312 e. The van der Waals surface area contributed by atoms with Crippen LogP contribution < -0.4 is 0 Å². The molecule has 0 amide bonds. The Morgan fingerprint density at radius 2 is 1.87 bits per heavy atom. The Balaban J connectivity index is 1.88. The number of hydrogen-bond donors (Lipinski definition) is 0. The summed E-state index contributed by atoms with van der Waals surface area (Å²) < 4.78 is 2.25. The summed E-state index contributed by atoms with van der Waals surface area (Å²) in [5.41, 5.74) is 0.117. The summed E-state index contributed by atoms with van der Waals surface area (Å²) in [5.74, 6) is 3.92. The molecule has 2 unspecified atom stereocenters. The van der Waals surface area contributed by atoms with Crippen LogP contribution in [0, 0.1) is 11.8 Å². The molecule has 3 heteroatoms. The quantitative estimate of drug-likeness (QED) is 0.705. The second-order valence-corrected chi connectivity index (χ2v) is 6.15. The standard InChI is InChI=1S/C12H19N3/c1-12(2,3)15-7-13-14-11(15)10-5-8-4-9(8)6-10/h7-10H,4-6H2,1-3H3. The lowest BCUT2D eigenvalue weighted by atomic mass is 10.0. The van der Waals surface area contributed by atoms with Gasteiger partial charge in [0.25, 0.3) is 0 Å². The highest BCUT2D eigenvalue weighted by molar-refractivity contribution is 5.09. The third-order valence-electron chi connectivity index (χ3n) is 3.91. The highest BCUT2D eigenvalue weighted by Gasteiger charge is 2.47. The molecule has 0 saturated heterocycles. The maximum atomic E-state index is 4.33. The van der Waals surface area contributed by atoms with E-state index in [9.17, 15) is 0 Å². The third kappa shape index (κ3) is 1.48. The van der Waals surface area contributed by atoms with Crippen molar-refractivity contribution in [3.8, 4) is 0 Å². The van der Waals surface area contributed by atoms with Gasteiger partial charge in [0.1, 0.15) is 12.2 Å². The van der Waals surface area contributed by atoms with Gasteiger partial charge in [0.15, 0.2) is 0 Å². The monoisotopic (exact) mass is 205 g/mol. The Bertz CT molecular complexity index is 364. The van der Waals surface area contributed by atoms with Crippen LogP contribution in [0.3, 0.4) is 0 Å². The first-order valence-corrected chi connectivity index (χ1v) is 5.96. The number of fused-ring (bicyclic) bond motifs is 1. The number of nitrogens with zero attached hydrogens (tertiary/aromatic N) is 3. The number of rotatable bonds is 1. The van der Waals surface area contributed by atoms with E-state index in [2.05, 4.69) is 35.5 Å². The summed E-state index contributed by atoms with van der Waals surface area (Å²) in [6, 6.07) is 0. The van der Waals surface area contributed by atoms with Crippen molar-refractivity contribution in [2.24, 2.45) is 11.8 Å². The van der Waals surface area contributed by atoms with E-state index in [1.807, 2.05) is 6.33 Å². The molecule has 0 bridgehead atoms. The van der Waals surface area contributed by atoms with E-state index < -0.39 is 0 Å². The van der Waals surface area contributed by atoms with Crippen molar-refractivity contribution in [3.63, 3.8) is 0 Å². The Hall–Kier alpha value is -0.860. The molecule has 2 atom stereocenters. The van der Waals surface area contributed by atoms with Crippen LogP contribution in [0.1, 0.15) is 51.8 Å². The highest BCUT2D eigenvalue weighted by atomic mass is 15.3. The molecule has 2 saturated carbocycles. The molecule has 1 aromatic heterocycles. The van der Waals surface area contributed by atoms with Crippen LogP contribution in [0.25, 0.3) is 0 Å². The fourth-order valence-electron chi connectivity index (χ4n) is 2.96. The maximum absolute atomic E-state index is 4.33. The van der Waals surface area contributed by atoms with Gasteiger partial charge in [-0.15, -0.1) is 10.2 Å². The SMILES string of the molecule is CC(C)(C)n1cnnc1C1CC2CC2C1. The molecule has 0 aliphatic heterocycles. The smallest absolute Gasteiger partial charge is 0.136 e. The van der Waals surface area contributed by atoms with Gasteiger partial charge in [-0.3, -0.25) is 0 Å². The predicted molar refractivity (Wildman–Crippen MR) is 58.6 cm³/mol. The van der Waals surface area contributed by atoms with Gasteiger partial charge in [-0.1, -0.05) is 0 Å². The molecule has 2 fully saturated rings. The van der Waals surface area contributed by atoms with Gasteiger partial charge in [-0.2, -0.15) is 0 Å². The van der Waals surface area contributed by atoms with Gasteiger partial charge in [-0.25, -0.2) is 0 Å². The average molecular weight is 205 g/mol. The molecule has 0 radical (unpaired) electrons. The van der Waals surface area contributed by atoms with Crippen molar-refractivity contribution in [2.45, 2.75) is 51.5 Å². The van der Waals surface area contributed by atoms with E-state index in [-0.39, 0.29) is 5.54 Å². The Labute approximate surface area is 90.9 Å². The second kappa shape index (κ2) is 2.83. The van der Waals surface area contributed by atoms with Crippen LogP contribution in [0.5, 0.6) is 0 Å². The minimum absolute atomic E-state index is 0.117. The lowest BCUT2D eigenvalue weighted by Crippen LogP contribution is -2.24. The van der Waals surface area contributed by atoms with Crippen LogP contribution in [-0.2, 0) is 5.54 Å². The zero-order valence-electron chi connectivity index (χ0n) is 9.77. The van der Waals surface area contributed by atoms with Gasteiger partial charge in [0, 0.05) is 11.5 Å². The minimum atomic E-state index is 0.117. The van der Waals surface area contributed by atoms with E-state index in [4.69, 9.17) is 0 Å². The summed E-state index contributed by atoms with van der Waals surface area (Å²) in [4.78, 5) is 0.